The molecule has 0 saturated heterocycles. The Bertz CT molecular complexity index is 911. The van der Waals surface area contributed by atoms with Crippen molar-refractivity contribution < 1.29 is 0 Å². The van der Waals surface area contributed by atoms with Crippen LogP contribution in [0.4, 0.5) is 0 Å². The van der Waals surface area contributed by atoms with Gasteiger partial charge in [0.05, 0.1) is 11.9 Å². The van der Waals surface area contributed by atoms with E-state index in [-0.39, 0.29) is 11.1 Å². The van der Waals surface area contributed by atoms with Crippen LogP contribution in [0.5, 0.6) is 0 Å². The summed E-state index contributed by atoms with van der Waals surface area (Å²) >= 11 is 7.47. The molecule has 5 nitrogen and oxygen atoms in total. The fourth-order valence-electron chi connectivity index (χ4n) is 2.94. The molecular weight excluding hydrogens is 320 g/mol. The van der Waals surface area contributed by atoms with E-state index in [4.69, 9.17) is 11.6 Å². The summed E-state index contributed by atoms with van der Waals surface area (Å²) in [5.41, 5.74) is 1.84. The first-order valence-electron chi connectivity index (χ1n) is 6.92. The zero-order chi connectivity index (χ0) is 15.3. The van der Waals surface area contributed by atoms with Gasteiger partial charge >= 0.3 is 0 Å². The van der Waals surface area contributed by atoms with E-state index < -0.39 is 0 Å². The zero-order valence-electron chi connectivity index (χ0n) is 11.8. The number of aromatic nitrogens is 4. The molecule has 4 rings (SSSR count). The van der Waals surface area contributed by atoms with Gasteiger partial charge in [-0.1, -0.05) is 35.5 Å². The molecule has 1 N–H and O–H groups in total. The quantitative estimate of drug-likeness (QED) is 0.591. The van der Waals surface area contributed by atoms with E-state index in [2.05, 4.69) is 19.5 Å². The van der Waals surface area contributed by atoms with E-state index >= 15 is 0 Å². The van der Waals surface area contributed by atoms with Crippen LogP contribution in [-0.2, 0) is 5.54 Å². The van der Waals surface area contributed by atoms with Gasteiger partial charge in [0.15, 0.2) is 16.3 Å². The van der Waals surface area contributed by atoms with Crippen LogP contribution in [0.3, 0.4) is 0 Å². The number of thioether (sulfide) groups is 1. The Hall–Kier alpha value is -1.79. The number of hydrogen-bond acceptors (Lipinski definition) is 4. The minimum absolute atomic E-state index is 0.183. The topological polar surface area (TPSA) is 63.6 Å². The lowest BCUT2D eigenvalue weighted by atomic mass is 10.0. The molecule has 2 aromatic heterocycles. The summed E-state index contributed by atoms with van der Waals surface area (Å²) in [6.45, 7) is 0. The third-order valence-electron chi connectivity index (χ3n) is 4.15. The maximum atomic E-state index is 12.1. The number of H-pyrrole nitrogens is 1. The second-order valence-corrected chi connectivity index (χ2v) is 6.59. The number of nitrogens with zero attached hydrogens (tertiary/aromatic N) is 3. The number of benzene rings is 1. The van der Waals surface area contributed by atoms with Crippen LogP contribution in [0, 0.1) is 0 Å². The molecule has 1 aliphatic rings. The molecule has 0 unspecified atom stereocenters. The highest BCUT2D eigenvalue weighted by Crippen LogP contribution is 2.51. The Balaban J connectivity index is 2.01. The Labute approximate surface area is 135 Å². The summed E-state index contributed by atoms with van der Waals surface area (Å²) in [5, 5.41) is 1.41. The van der Waals surface area contributed by atoms with E-state index in [1.165, 1.54) is 17.3 Å². The number of hydrogen-bond donors (Lipinski definition) is 1. The normalized spacial score (nSPS) is 16.1. The molecule has 1 fully saturated rings. The fraction of sp³-hybridized carbons (Fsp3) is 0.267. The van der Waals surface area contributed by atoms with Crippen molar-refractivity contribution in [2.24, 2.45) is 0 Å². The molecule has 2 heterocycles. The number of imidazole rings is 1. The highest BCUT2D eigenvalue weighted by Gasteiger charge is 2.48. The van der Waals surface area contributed by atoms with Gasteiger partial charge in [-0.15, -0.1) is 0 Å². The molecule has 0 amide bonds. The first-order chi connectivity index (χ1) is 10.7. The van der Waals surface area contributed by atoms with Gasteiger partial charge in [-0.05, 0) is 36.8 Å². The van der Waals surface area contributed by atoms with Crippen LogP contribution >= 0.6 is 23.4 Å². The average molecular weight is 333 g/mol. The molecule has 0 aliphatic heterocycles. The molecular formula is C15H13ClN4OS. The van der Waals surface area contributed by atoms with Crippen molar-refractivity contribution in [3.63, 3.8) is 0 Å². The predicted molar refractivity (Wildman–Crippen MR) is 87.7 cm³/mol. The number of rotatable bonds is 3. The van der Waals surface area contributed by atoms with Crippen LogP contribution in [0.2, 0.25) is 5.02 Å². The Morgan fingerprint density at radius 1 is 1.32 bits per heavy atom. The van der Waals surface area contributed by atoms with Gasteiger partial charge in [0.2, 0.25) is 0 Å². The lowest BCUT2D eigenvalue weighted by Gasteiger charge is -2.23. The average Bonchev–Trinajstić information content (AvgIpc) is 3.16. The van der Waals surface area contributed by atoms with E-state index in [1.807, 2.05) is 30.5 Å². The van der Waals surface area contributed by atoms with Gasteiger partial charge in [-0.2, -0.15) is 4.98 Å². The van der Waals surface area contributed by atoms with Crippen molar-refractivity contribution in [1.82, 2.24) is 19.5 Å². The van der Waals surface area contributed by atoms with Crippen LogP contribution in [0.15, 0.2) is 40.5 Å². The first kappa shape index (κ1) is 13.8. The Kier molecular flexibility index (Phi) is 3.06. The maximum absolute atomic E-state index is 12.1. The summed E-state index contributed by atoms with van der Waals surface area (Å²) in [6, 6.07) is 7.87. The second-order valence-electron chi connectivity index (χ2n) is 5.38. The smallest absolute Gasteiger partial charge is 0.299 e. The molecule has 0 radical (unpaired) electrons. The largest absolute Gasteiger partial charge is 0.339 e. The minimum atomic E-state index is -0.264. The van der Waals surface area contributed by atoms with Gasteiger partial charge in [0.25, 0.3) is 5.56 Å². The lowest BCUT2D eigenvalue weighted by molar-refractivity contribution is 0.522. The molecule has 0 atom stereocenters. The SMILES string of the molecule is CSc1nc(=O)c2[nH]cnc2n1C1(c2ccc(Cl)cc2)CC1. The van der Waals surface area contributed by atoms with E-state index in [0.29, 0.717) is 21.3 Å². The van der Waals surface area contributed by atoms with Crippen molar-refractivity contribution in [3.05, 3.63) is 51.5 Å². The maximum Gasteiger partial charge on any atom is 0.299 e. The van der Waals surface area contributed by atoms with Gasteiger partial charge in [0.1, 0.15) is 0 Å². The van der Waals surface area contributed by atoms with Crippen molar-refractivity contribution in [2.45, 2.75) is 23.5 Å². The summed E-state index contributed by atoms with van der Waals surface area (Å²) in [6.07, 6.45) is 5.46. The molecule has 3 aromatic rings. The van der Waals surface area contributed by atoms with Crippen LogP contribution in [0.1, 0.15) is 18.4 Å². The first-order valence-corrected chi connectivity index (χ1v) is 8.53. The van der Waals surface area contributed by atoms with E-state index in [0.717, 1.165) is 12.8 Å². The molecule has 0 bridgehead atoms. The Morgan fingerprint density at radius 2 is 2.05 bits per heavy atom. The predicted octanol–water partition coefficient (Wildman–Crippen LogP) is 3.03. The molecule has 7 heteroatoms. The summed E-state index contributed by atoms with van der Waals surface area (Å²) in [7, 11) is 0. The van der Waals surface area contributed by atoms with Gasteiger partial charge in [0, 0.05) is 5.02 Å². The summed E-state index contributed by atoms with van der Waals surface area (Å²) < 4.78 is 2.09. The standard InChI is InChI=1S/C15H13ClN4OS/c1-22-14-19-13(21)11-12(18-8-17-11)20(14)15(6-7-15)9-2-4-10(16)5-3-9/h2-5,8H,6-7H2,1H3,(H,17,18). The van der Waals surface area contributed by atoms with Gasteiger partial charge in [-0.25, -0.2) is 4.98 Å². The van der Waals surface area contributed by atoms with Crippen LogP contribution in [0.25, 0.3) is 11.2 Å². The summed E-state index contributed by atoms with van der Waals surface area (Å²) in [4.78, 5) is 23.6. The van der Waals surface area contributed by atoms with E-state index in [1.54, 1.807) is 6.33 Å². The zero-order valence-corrected chi connectivity index (χ0v) is 13.4. The van der Waals surface area contributed by atoms with Crippen molar-refractivity contribution in [1.29, 1.82) is 0 Å². The van der Waals surface area contributed by atoms with Crippen LogP contribution in [-0.4, -0.2) is 25.8 Å². The molecule has 0 spiro atoms. The fourth-order valence-corrected chi connectivity index (χ4v) is 3.68. The molecule has 1 aliphatic carbocycles. The third kappa shape index (κ3) is 1.90. The van der Waals surface area contributed by atoms with Gasteiger partial charge in [-0.3, -0.25) is 9.36 Å². The van der Waals surface area contributed by atoms with Crippen molar-refractivity contribution in [3.8, 4) is 0 Å². The number of fused-ring (bicyclic) bond motifs is 1. The van der Waals surface area contributed by atoms with Crippen molar-refractivity contribution in [2.75, 3.05) is 6.26 Å². The second kappa shape index (κ2) is 4.86. The number of aromatic amines is 1. The number of halogens is 1. The molecule has 1 saturated carbocycles. The number of nitrogens with one attached hydrogen (secondary N) is 1. The lowest BCUT2D eigenvalue weighted by Crippen LogP contribution is -2.26. The third-order valence-corrected chi connectivity index (χ3v) is 5.04. The summed E-state index contributed by atoms with van der Waals surface area (Å²) in [5.74, 6) is 0. The van der Waals surface area contributed by atoms with Crippen molar-refractivity contribution >= 4 is 34.5 Å². The Morgan fingerprint density at radius 3 is 2.68 bits per heavy atom. The highest BCUT2D eigenvalue weighted by molar-refractivity contribution is 7.98. The molecule has 1 aromatic carbocycles. The highest BCUT2D eigenvalue weighted by atomic mass is 35.5. The van der Waals surface area contributed by atoms with E-state index in [9.17, 15) is 4.79 Å². The monoisotopic (exact) mass is 332 g/mol. The van der Waals surface area contributed by atoms with Crippen LogP contribution < -0.4 is 5.56 Å². The molecule has 112 valence electrons. The molecule has 22 heavy (non-hydrogen) atoms. The minimum Gasteiger partial charge on any atom is -0.339 e. The van der Waals surface area contributed by atoms with Gasteiger partial charge < -0.3 is 4.98 Å².